The van der Waals surface area contributed by atoms with Gasteiger partial charge in [0.2, 0.25) is 0 Å². The van der Waals surface area contributed by atoms with E-state index in [0.717, 1.165) is 12.1 Å². The van der Waals surface area contributed by atoms with Crippen molar-refractivity contribution in [2.75, 3.05) is 5.75 Å². The molecule has 128 valence electrons. The highest BCUT2D eigenvalue weighted by molar-refractivity contribution is 8.00. The van der Waals surface area contributed by atoms with E-state index in [1.807, 2.05) is 6.07 Å². The van der Waals surface area contributed by atoms with Gasteiger partial charge in [-0.25, -0.2) is 4.98 Å². The van der Waals surface area contributed by atoms with Crippen LogP contribution in [0.2, 0.25) is 0 Å². The van der Waals surface area contributed by atoms with Gasteiger partial charge in [-0.1, -0.05) is 25.6 Å². The Kier molecular flexibility index (Phi) is 6.25. The van der Waals surface area contributed by atoms with Crippen LogP contribution >= 0.6 is 11.8 Å². The second-order valence-electron chi connectivity index (χ2n) is 5.88. The van der Waals surface area contributed by atoms with Crippen LogP contribution in [-0.4, -0.2) is 21.4 Å². The van der Waals surface area contributed by atoms with Crippen molar-refractivity contribution in [2.24, 2.45) is 5.92 Å². The Labute approximate surface area is 150 Å². The number of nitro benzene ring substituents is 1. The molecule has 0 fully saturated rings. The molecule has 2 rings (SSSR count). The molecular formula is C18H17N3O3S. The highest BCUT2D eigenvalue weighted by Gasteiger charge is 2.13. The SMILES string of the molecule is CC(C)Cc1ccc(C#N)c(SCC(=O)c2ccc([N+](=O)[O-])cc2)n1. The summed E-state index contributed by atoms with van der Waals surface area (Å²) in [5.74, 6) is 0.393. The molecule has 0 spiro atoms. The minimum Gasteiger partial charge on any atom is -0.293 e. The molecule has 0 unspecified atom stereocenters. The van der Waals surface area contributed by atoms with Gasteiger partial charge in [-0.3, -0.25) is 14.9 Å². The molecular weight excluding hydrogens is 338 g/mol. The molecule has 6 nitrogen and oxygen atoms in total. The average molecular weight is 355 g/mol. The first kappa shape index (κ1) is 18.6. The number of aromatic nitrogens is 1. The third kappa shape index (κ3) is 5.13. The highest BCUT2D eigenvalue weighted by Crippen LogP contribution is 2.23. The van der Waals surface area contributed by atoms with Crippen molar-refractivity contribution in [1.82, 2.24) is 4.98 Å². The zero-order chi connectivity index (χ0) is 18.4. The van der Waals surface area contributed by atoms with E-state index >= 15 is 0 Å². The largest absolute Gasteiger partial charge is 0.293 e. The number of thioether (sulfide) groups is 1. The topological polar surface area (TPSA) is 96.9 Å². The van der Waals surface area contributed by atoms with Crippen LogP contribution in [0.15, 0.2) is 41.4 Å². The van der Waals surface area contributed by atoms with E-state index in [1.54, 1.807) is 6.07 Å². The molecule has 0 N–H and O–H groups in total. The Balaban J connectivity index is 2.10. The summed E-state index contributed by atoms with van der Waals surface area (Å²) >= 11 is 1.21. The fourth-order valence-electron chi connectivity index (χ4n) is 2.19. The van der Waals surface area contributed by atoms with Gasteiger partial charge in [-0.05, 0) is 36.6 Å². The molecule has 0 aliphatic heterocycles. The van der Waals surface area contributed by atoms with E-state index in [2.05, 4.69) is 24.9 Å². The van der Waals surface area contributed by atoms with Gasteiger partial charge in [-0.15, -0.1) is 0 Å². The number of hydrogen-bond donors (Lipinski definition) is 0. The second kappa shape index (κ2) is 8.40. The second-order valence-corrected chi connectivity index (χ2v) is 6.84. The maximum absolute atomic E-state index is 12.3. The molecule has 1 heterocycles. The summed E-state index contributed by atoms with van der Waals surface area (Å²) in [6.45, 7) is 4.18. The lowest BCUT2D eigenvalue weighted by atomic mass is 10.1. The number of benzene rings is 1. The molecule has 0 saturated carbocycles. The number of pyridine rings is 1. The van der Waals surface area contributed by atoms with Crippen molar-refractivity contribution >= 4 is 23.2 Å². The Bertz CT molecular complexity index is 826. The normalized spacial score (nSPS) is 10.5. The molecule has 1 aromatic carbocycles. The van der Waals surface area contributed by atoms with Gasteiger partial charge < -0.3 is 0 Å². The molecule has 0 radical (unpaired) electrons. The number of nitrogens with zero attached hydrogens (tertiary/aromatic N) is 3. The minimum atomic E-state index is -0.508. The summed E-state index contributed by atoms with van der Waals surface area (Å²) in [6.07, 6.45) is 0.801. The number of non-ortho nitro benzene ring substituents is 1. The third-order valence-electron chi connectivity index (χ3n) is 3.40. The number of nitro groups is 1. The van der Waals surface area contributed by atoms with Crippen LogP contribution in [-0.2, 0) is 6.42 Å². The van der Waals surface area contributed by atoms with E-state index < -0.39 is 4.92 Å². The van der Waals surface area contributed by atoms with E-state index in [0.29, 0.717) is 22.1 Å². The molecule has 0 bridgehead atoms. The van der Waals surface area contributed by atoms with Crippen LogP contribution < -0.4 is 0 Å². The summed E-state index contributed by atoms with van der Waals surface area (Å²) in [5.41, 5.74) is 1.67. The smallest absolute Gasteiger partial charge is 0.269 e. The van der Waals surface area contributed by atoms with Gasteiger partial charge in [0.15, 0.2) is 5.78 Å². The van der Waals surface area contributed by atoms with Crippen LogP contribution in [0, 0.1) is 27.4 Å². The lowest BCUT2D eigenvalue weighted by molar-refractivity contribution is -0.384. The fourth-order valence-corrected chi connectivity index (χ4v) is 3.08. The predicted molar refractivity (Wildman–Crippen MR) is 95.6 cm³/mol. The lowest BCUT2D eigenvalue weighted by Gasteiger charge is -2.08. The molecule has 1 aromatic heterocycles. The van der Waals surface area contributed by atoms with E-state index in [9.17, 15) is 20.2 Å². The molecule has 0 amide bonds. The van der Waals surface area contributed by atoms with Crippen molar-refractivity contribution in [3.05, 3.63) is 63.3 Å². The van der Waals surface area contributed by atoms with E-state index in [4.69, 9.17) is 0 Å². The molecule has 0 atom stereocenters. The Morgan fingerprint density at radius 3 is 2.52 bits per heavy atom. The van der Waals surface area contributed by atoms with Crippen molar-refractivity contribution in [2.45, 2.75) is 25.3 Å². The summed E-state index contributed by atoms with van der Waals surface area (Å²) < 4.78 is 0. The highest BCUT2D eigenvalue weighted by atomic mass is 32.2. The number of carbonyl (C=O) groups is 1. The summed E-state index contributed by atoms with van der Waals surface area (Å²) in [4.78, 5) is 26.9. The molecule has 2 aromatic rings. The van der Waals surface area contributed by atoms with Crippen LogP contribution in [0.1, 0.15) is 35.5 Å². The van der Waals surface area contributed by atoms with Gasteiger partial charge in [0.25, 0.3) is 5.69 Å². The molecule has 0 aliphatic rings. The van der Waals surface area contributed by atoms with Gasteiger partial charge in [0.1, 0.15) is 11.1 Å². The van der Waals surface area contributed by atoms with Crippen molar-refractivity contribution in [1.29, 1.82) is 5.26 Å². The first-order valence-corrected chi connectivity index (χ1v) is 8.69. The van der Waals surface area contributed by atoms with Crippen LogP contribution in [0.5, 0.6) is 0 Å². The van der Waals surface area contributed by atoms with Gasteiger partial charge in [0.05, 0.1) is 16.2 Å². The van der Waals surface area contributed by atoms with Gasteiger partial charge in [0, 0.05) is 23.4 Å². The fraction of sp³-hybridized carbons (Fsp3) is 0.278. The third-order valence-corrected chi connectivity index (χ3v) is 4.39. The molecule has 25 heavy (non-hydrogen) atoms. The maximum Gasteiger partial charge on any atom is 0.269 e. The number of nitriles is 1. The number of carbonyl (C=O) groups excluding carboxylic acids is 1. The summed E-state index contributed by atoms with van der Waals surface area (Å²) in [7, 11) is 0. The van der Waals surface area contributed by atoms with Crippen molar-refractivity contribution in [3.63, 3.8) is 0 Å². The zero-order valence-corrected chi connectivity index (χ0v) is 14.7. The Morgan fingerprint density at radius 2 is 1.96 bits per heavy atom. The average Bonchev–Trinajstić information content (AvgIpc) is 2.59. The van der Waals surface area contributed by atoms with Gasteiger partial charge in [-0.2, -0.15) is 5.26 Å². The Morgan fingerprint density at radius 1 is 1.28 bits per heavy atom. The monoisotopic (exact) mass is 355 g/mol. The Hall–Kier alpha value is -2.72. The van der Waals surface area contributed by atoms with Crippen LogP contribution in [0.4, 0.5) is 5.69 Å². The number of ketones is 1. The minimum absolute atomic E-state index is 0.0565. The first-order valence-electron chi connectivity index (χ1n) is 7.71. The molecule has 7 heteroatoms. The lowest BCUT2D eigenvalue weighted by Crippen LogP contribution is -2.04. The number of rotatable bonds is 7. The number of hydrogen-bond acceptors (Lipinski definition) is 6. The van der Waals surface area contributed by atoms with E-state index in [-0.39, 0.29) is 17.2 Å². The summed E-state index contributed by atoms with van der Waals surface area (Å²) in [5, 5.41) is 20.4. The number of Topliss-reactive ketones (excluding diaryl/α,β-unsaturated/α-hetero) is 1. The van der Waals surface area contributed by atoms with Crippen LogP contribution in [0.25, 0.3) is 0 Å². The van der Waals surface area contributed by atoms with E-state index in [1.165, 1.54) is 36.0 Å². The molecule has 0 saturated heterocycles. The van der Waals surface area contributed by atoms with Crippen LogP contribution in [0.3, 0.4) is 0 Å². The van der Waals surface area contributed by atoms with Gasteiger partial charge >= 0.3 is 0 Å². The van der Waals surface area contributed by atoms with Crippen molar-refractivity contribution in [3.8, 4) is 6.07 Å². The molecule has 0 aliphatic carbocycles. The first-order chi connectivity index (χ1) is 11.9. The zero-order valence-electron chi connectivity index (χ0n) is 13.9. The maximum atomic E-state index is 12.3. The quantitative estimate of drug-likeness (QED) is 0.322. The standard InChI is InChI=1S/C18H17N3O3S/c1-12(2)9-15-6-3-14(10-19)18(20-15)25-11-17(22)13-4-7-16(8-5-13)21(23)24/h3-8,12H,9,11H2,1-2H3. The predicted octanol–water partition coefficient (Wildman–Crippen LogP) is 4.03. The summed E-state index contributed by atoms with van der Waals surface area (Å²) in [6, 6.07) is 11.1. The van der Waals surface area contributed by atoms with Crippen molar-refractivity contribution < 1.29 is 9.72 Å².